The number of hydrogen-bond acceptors (Lipinski definition) is 2. The minimum Gasteiger partial charge on any atom is -0.376 e. The van der Waals surface area contributed by atoms with Crippen molar-refractivity contribution in [1.29, 1.82) is 0 Å². The first kappa shape index (κ1) is 13.6. The third kappa shape index (κ3) is 3.56. The highest BCUT2D eigenvalue weighted by molar-refractivity contribution is 5.21. The molecule has 1 fully saturated rings. The van der Waals surface area contributed by atoms with E-state index in [1.807, 2.05) is 0 Å². The van der Waals surface area contributed by atoms with Crippen LogP contribution in [0.2, 0.25) is 0 Å². The van der Waals surface area contributed by atoms with Crippen LogP contribution in [-0.2, 0) is 4.74 Å². The molecule has 0 bridgehead atoms. The lowest BCUT2D eigenvalue weighted by molar-refractivity contribution is 0.0186. The van der Waals surface area contributed by atoms with Gasteiger partial charge in [-0.2, -0.15) is 0 Å². The molecule has 0 spiro atoms. The Morgan fingerprint density at radius 3 is 2.50 bits per heavy atom. The SMILES string of the molecule is CCCNC(c1ccccc1)C(OCC)C1CC1. The maximum absolute atomic E-state index is 6.02. The van der Waals surface area contributed by atoms with Gasteiger partial charge in [-0.05, 0) is 44.2 Å². The van der Waals surface area contributed by atoms with E-state index in [0.717, 1.165) is 25.5 Å². The van der Waals surface area contributed by atoms with Gasteiger partial charge in [0, 0.05) is 6.61 Å². The van der Waals surface area contributed by atoms with Crippen LogP contribution in [-0.4, -0.2) is 19.3 Å². The second-order valence-corrected chi connectivity index (χ2v) is 5.10. The van der Waals surface area contributed by atoms with Gasteiger partial charge in [-0.1, -0.05) is 37.3 Å². The van der Waals surface area contributed by atoms with Crippen LogP contribution in [0.1, 0.15) is 44.7 Å². The van der Waals surface area contributed by atoms with E-state index >= 15 is 0 Å². The quantitative estimate of drug-likeness (QED) is 0.758. The molecule has 18 heavy (non-hydrogen) atoms. The summed E-state index contributed by atoms with van der Waals surface area (Å²) in [6.45, 7) is 6.16. The van der Waals surface area contributed by atoms with Crippen molar-refractivity contribution in [2.24, 2.45) is 5.92 Å². The minimum absolute atomic E-state index is 0.337. The molecule has 1 N–H and O–H groups in total. The first-order valence-electron chi connectivity index (χ1n) is 7.26. The molecule has 2 atom stereocenters. The first-order valence-corrected chi connectivity index (χ1v) is 7.26. The molecule has 2 nitrogen and oxygen atoms in total. The zero-order valence-electron chi connectivity index (χ0n) is 11.6. The third-order valence-electron chi connectivity index (χ3n) is 3.55. The number of rotatable bonds is 8. The van der Waals surface area contributed by atoms with Crippen molar-refractivity contribution in [3.63, 3.8) is 0 Å². The Morgan fingerprint density at radius 1 is 1.22 bits per heavy atom. The van der Waals surface area contributed by atoms with Gasteiger partial charge in [0.25, 0.3) is 0 Å². The van der Waals surface area contributed by atoms with Crippen molar-refractivity contribution in [3.05, 3.63) is 35.9 Å². The number of hydrogen-bond donors (Lipinski definition) is 1. The van der Waals surface area contributed by atoms with Crippen LogP contribution in [0.3, 0.4) is 0 Å². The molecule has 1 aliphatic rings. The van der Waals surface area contributed by atoms with Gasteiger partial charge in [0.05, 0.1) is 12.1 Å². The Kier molecular flexibility index (Phi) is 5.21. The lowest BCUT2D eigenvalue weighted by atomic mass is 9.97. The number of benzene rings is 1. The second-order valence-electron chi connectivity index (χ2n) is 5.10. The molecule has 1 saturated carbocycles. The Balaban J connectivity index is 2.12. The predicted octanol–water partition coefficient (Wildman–Crippen LogP) is 3.54. The van der Waals surface area contributed by atoms with Gasteiger partial charge < -0.3 is 10.1 Å². The summed E-state index contributed by atoms with van der Waals surface area (Å²) in [4.78, 5) is 0. The van der Waals surface area contributed by atoms with Gasteiger partial charge >= 0.3 is 0 Å². The molecule has 0 amide bonds. The van der Waals surface area contributed by atoms with Crippen LogP contribution in [0, 0.1) is 5.92 Å². The highest BCUT2D eigenvalue weighted by Crippen LogP contribution is 2.40. The molecule has 0 radical (unpaired) electrons. The molecule has 0 aliphatic heterocycles. The van der Waals surface area contributed by atoms with Crippen LogP contribution in [0.25, 0.3) is 0 Å². The van der Waals surface area contributed by atoms with Gasteiger partial charge in [0.15, 0.2) is 0 Å². The smallest absolute Gasteiger partial charge is 0.0797 e. The Bertz CT molecular complexity index is 334. The summed E-state index contributed by atoms with van der Waals surface area (Å²) in [5.74, 6) is 0.750. The van der Waals surface area contributed by atoms with Crippen molar-refractivity contribution < 1.29 is 4.74 Å². The standard InChI is InChI=1S/C16H25NO/c1-3-12-17-15(13-8-6-5-7-9-13)16(18-4-2)14-10-11-14/h5-9,14-17H,3-4,10-12H2,1-2H3. The lowest BCUT2D eigenvalue weighted by Gasteiger charge is -2.28. The maximum atomic E-state index is 6.02. The van der Waals surface area contributed by atoms with Crippen molar-refractivity contribution in [2.45, 2.75) is 45.3 Å². The van der Waals surface area contributed by atoms with Crippen LogP contribution < -0.4 is 5.32 Å². The van der Waals surface area contributed by atoms with Crippen molar-refractivity contribution in [3.8, 4) is 0 Å². The van der Waals surface area contributed by atoms with Gasteiger partial charge in [-0.15, -0.1) is 0 Å². The van der Waals surface area contributed by atoms with E-state index in [1.165, 1.54) is 18.4 Å². The average molecular weight is 247 g/mol. The zero-order valence-corrected chi connectivity index (χ0v) is 11.6. The Morgan fingerprint density at radius 2 is 1.94 bits per heavy atom. The highest BCUT2D eigenvalue weighted by atomic mass is 16.5. The van der Waals surface area contributed by atoms with Crippen molar-refractivity contribution in [1.82, 2.24) is 5.32 Å². The van der Waals surface area contributed by atoms with Gasteiger partial charge in [0.2, 0.25) is 0 Å². The zero-order chi connectivity index (χ0) is 12.8. The van der Waals surface area contributed by atoms with Crippen LogP contribution >= 0.6 is 0 Å². The summed E-state index contributed by atoms with van der Waals surface area (Å²) in [7, 11) is 0. The lowest BCUT2D eigenvalue weighted by Crippen LogP contribution is -2.36. The van der Waals surface area contributed by atoms with E-state index in [2.05, 4.69) is 49.5 Å². The number of ether oxygens (including phenoxy) is 1. The van der Waals surface area contributed by atoms with Crippen LogP contribution in [0.5, 0.6) is 0 Å². The fraction of sp³-hybridized carbons (Fsp3) is 0.625. The van der Waals surface area contributed by atoms with E-state index in [1.54, 1.807) is 0 Å². The van der Waals surface area contributed by atoms with Crippen molar-refractivity contribution >= 4 is 0 Å². The summed E-state index contributed by atoms with van der Waals surface area (Å²) in [6, 6.07) is 11.1. The predicted molar refractivity (Wildman–Crippen MR) is 75.6 cm³/mol. The fourth-order valence-electron chi connectivity index (χ4n) is 2.51. The van der Waals surface area contributed by atoms with E-state index in [4.69, 9.17) is 4.74 Å². The molecule has 2 unspecified atom stereocenters. The van der Waals surface area contributed by atoms with E-state index in [0.29, 0.717) is 12.1 Å². The third-order valence-corrected chi connectivity index (χ3v) is 3.55. The molecule has 0 heterocycles. The summed E-state index contributed by atoms with van der Waals surface area (Å²) < 4.78 is 6.02. The summed E-state index contributed by atoms with van der Waals surface area (Å²) >= 11 is 0. The monoisotopic (exact) mass is 247 g/mol. The van der Waals surface area contributed by atoms with E-state index in [-0.39, 0.29) is 0 Å². The van der Waals surface area contributed by atoms with Gasteiger partial charge in [0.1, 0.15) is 0 Å². The van der Waals surface area contributed by atoms with E-state index < -0.39 is 0 Å². The topological polar surface area (TPSA) is 21.3 Å². The minimum atomic E-state index is 0.337. The molecular weight excluding hydrogens is 222 g/mol. The van der Waals surface area contributed by atoms with Crippen LogP contribution in [0.4, 0.5) is 0 Å². The largest absolute Gasteiger partial charge is 0.376 e. The van der Waals surface area contributed by atoms with Crippen molar-refractivity contribution in [2.75, 3.05) is 13.2 Å². The Hall–Kier alpha value is -0.860. The summed E-state index contributed by atoms with van der Waals surface area (Å²) in [6.07, 6.45) is 4.14. The fourth-order valence-corrected chi connectivity index (χ4v) is 2.51. The molecule has 1 aromatic rings. The normalized spacial score (nSPS) is 18.6. The van der Waals surface area contributed by atoms with E-state index in [9.17, 15) is 0 Å². The van der Waals surface area contributed by atoms with Gasteiger partial charge in [-0.25, -0.2) is 0 Å². The maximum Gasteiger partial charge on any atom is 0.0797 e. The first-order chi connectivity index (χ1) is 8.86. The molecule has 2 rings (SSSR count). The number of nitrogens with one attached hydrogen (secondary N) is 1. The van der Waals surface area contributed by atoms with Crippen LogP contribution in [0.15, 0.2) is 30.3 Å². The average Bonchev–Trinajstić information content (AvgIpc) is 3.23. The molecule has 2 heteroatoms. The molecule has 1 aromatic carbocycles. The summed E-state index contributed by atoms with van der Waals surface area (Å²) in [5, 5.41) is 3.67. The molecular formula is C16H25NO. The molecule has 100 valence electrons. The molecule has 0 saturated heterocycles. The summed E-state index contributed by atoms with van der Waals surface area (Å²) in [5.41, 5.74) is 1.36. The molecule has 0 aromatic heterocycles. The second kappa shape index (κ2) is 6.91. The van der Waals surface area contributed by atoms with Gasteiger partial charge in [-0.3, -0.25) is 0 Å². The highest BCUT2D eigenvalue weighted by Gasteiger charge is 2.37. The molecule has 1 aliphatic carbocycles. The Labute approximate surface area is 111 Å².